The highest BCUT2D eigenvalue weighted by atomic mass is 79.9. The van der Waals surface area contributed by atoms with Crippen molar-refractivity contribution in [3.05, 3.63) is 39.9 Å². The van der Waals surface area contributed by atoms with Crippen LogP contribution in [0.1, 0.15) is 18.4 Å². The van der Waals surface area contributed by atoms with Crippen molar-refractivity contribution in [1.82, 2.24) is 4.98 Å². The lowest BCUT2D eigenvalue weighted by Crippen LogP contribution is -1.96. The molecule has 0 atom stereocenters. The monoisotopic (exact) mass is 277 g/mol. The molecule has 4 heteroatoms. The molecule has 1 aromatic rings. The molecule has 14 heavy (non-hydrogen) atoms. The quantitative estimate of drug-likeness (QED) is 0.458. The number of rotatable bonds is 4. The molecule has 1 nitrogen and oxygen atoms in total. The van der Waals surface area contributed by atoms with E-state index in [4.69, 9.17) is 11.6 Å². The summed E-state index contributed by atoms with van der Waals surface area (Å²) in [7, 11) is 0. The van der Waals surface area contributed by atoms with Crippen molar-refractivity contribution in [1.29, 1.82) is 0 Å². The van der Waals surface area contributed by atoms with Crippen LogP contribution >= 0.6 is 27.5 Å². The first-order valence-corrected chi connectivity index (χ1v) is 5.43. The Hall–Kier alpha value is -0.410. The fourth-order valence-electron chi connectivity index (χ4n) is 1.12. The van der Waals surface area contributed by atoms with E-state index in [2.05, 4.69) is 27.5 Å². The van der Waals surface area contributed by atoms with Crippen molar-refractivity contribution in [3.63, 3.8) is 0 Å². The van der Waals surface area contributed by atoms with Gasteiger partial charge in [-0.15, -0.1) is 6.58 Å². The number of halogens is 3. The zero-order valence-electron chi connectivity index (χ0n) is 7.56. The lowest BCUT2D eigenvalue weighted by Gasteiger charge is -2.05. The Morgan fingerprint density at radius 3 is 3.00 bits per heavy atom. The van der Waals surface area contributed by atoms with Gasteiger partial charge in [0.1, 0.15) is 0 Å². The molecule has 0 saturated carbocycles. The predicted octanol–water partition coefficient (Wildman–Crippen LogP) is 4.15. The minimum absolute atomic E-state index is 0.444. The highest BCUT2D eigenvalue weighted by molar-refractivity contribution is 9.10. The van der Waals surface area contributed by atoms with E-state index in [-0.39, 0.29) is 0 Å². The summed E-state index contributed by atoms with van der Waals surface area (Å²) in [5, 5.41) is 0.444. The zero-order chi connectivity index (χ0) is 10.6. The van der Waals surface area contributed by atoms with E-state index in [1.54, 1.807) is 0 Å². The number of unbranched alkanes of at least 4 members (excludes halogenated alkanes) is 1. The van der Waals surface area contributed by atoms with Crippen LogP contribution in [0.2, 0.25) is 5.02 Å². The number of hydrogen-bond acceptors (Lipinski definition) is 1. The second kappa shape index (κ2) is 5.47. The molecule has 0 aliphatic heterocycles. The molecule has 0 N–H and O–H groups in total. The maximum Gasteiger partial charge on any atom is 0.217 e. The average Bonchev–Trinajstić information content (AvgIpc) is 2.18. The SMILES string of the molecule is C=CCCCc1c(F)ncc(Cl)c1Br. The molecule has 1 rings (SSSR count). The molecule has 76 valence electrons. The molecule has 0 aliphatic rings. The number of allylic oxidation sites excluding steroid dienone is 1. The highest BCUT2D eigenvalue weighted by Gasteiger charge is 2.10. The largest absolute Gasteiger partial charge is 0.226 e. The summed E-state index contributed by atoms with van der Waals surface area (Å²) in [6.07, 6.45) is 5.44. The lowest BCUT2D eigenvalue weighted by atomic mass is 10.1. The van der Waals surface area contributed by atoms with Gasteiger partial charge in [0.2, 0.25) is 5.95 Å². The Bertz CT molecular complexity index is 341. The molecule has 1 aromatic heterocycles. The highest BCUT2D eigenvalue weighted by Crippen LogP contribution is 2.28. The van der Waals surface area contributed by atoms with Crippen LogP contribution in [-0.4, -0.2) is 4.98 Å². The van der Waals surface area contributed by atoms with Gasteiger partial charge in [-0.3, -0.25) is 0 Å². The Morgan fingerprint density at radius 1 is 1.64 bits per heavy atom. The molecule has 1 heterocycles. The van der Waals surface area contributed by atoms with Gasteiger partial charge < -0.3 is 0 Å². The molecule has 0 unspecified atom stereocenters. The van der Waals surface area contributed by atoms with Gasteiger partial charge in [0, 0.05) is 16.2 Å². The summed E-state index contributed by atoms with van der Waals surface area (Å²) in [4.78, 5) is 3.56. The van der Waals surface area contributed by atoms with Crippen LogP contribution in [0.4, 0.5) is 4.39 Å². The minimum atomic E-state index is -0.453. The van der Waals surface area contributed by atoms with Gasteiger partial charge >= 0.3 is 0 Å². The van der Waals surface area contributed by atoms with Crippen molar-refractivity contribution in [2.45, 2.75) is 19.3 Å². The Labute approximate surface area is 96.1 Å². The molecule has 0 amide bonds. The van der Waals surface area contributed by atoms with Crippen LogP contribution in [0.25, 0.3) is 0 Å². The smallest absolute Gasteiger partial charge is 0.217 e. The van der Waals surface area contributed by atoms with Crippen LogP contribution < -0.4 is 0 Å². The summed E-state index contributed by atoms with van der Waals surface area (Å²) in [5.41, 5.74) is 0.541. The molecule has 0 radical (unpaired) electrons. The van der Waals surface area contributed by atoms with Gasteiger partial charge in [0.05, 0.1) is 5.02 Å². The lowest BCUT2D eigenvalue weighted by molar-refractivity contribution is 0.561. The third-order valence-electron chi connectivity index (χ3n) is 1.85. The first-order chi connectivity index (χ1) is 6.66. The van der Waals surface area contributed by atoms with E-state index in [1.165, 1.54) is 6.20 Å². The van der Waals surface area contributed by atoms with Gasteiger partial charge in [-0.1, -0.05) is 17.7 Å². The Morgan fingerprint density at radius 2 is 2.36 bits per heavy atom. The molecule has 0 fully saturated rings. The van der Waals surface area contributed by atoms with Crippen molar-refractivity contribution >= 4 is 27.5 Å². The minimum Gasteiger partial charge on any atom is -0.226 e. The molecule has 0 bridgehead atoms. The maximum absolute atomic E-state index is 13.2. The number of hydrogen-bond donors (Lipinski definition) is 0. The first kappa shape index (κ1) is 11.7. The second-order valence-electron chi connectivity index (χ2n) is 2.87. The molecular formula is C10H10BrClFN. The Kier molecular flexibility index (Phi) is 4.55. The van der Waals surface area contributed by atoms with E-state index in [1.807, 2.05) is 6.08 Å². The molecule has 0 spiro atoms. The van der Waals surface area contributed by atoms with Gasteiger partial charge in [0.15, 0.2) is 0 Å². The third-order valence-corrected chi connectivity index (χ3v) is 3.27. The molecule has 0 saturated heterocycles. The summed E-state index contributed by atoms with van der Waals surface area (Å²) < 4.78 is 13.8. The topological polar surface area (TPSA) is 12.9 Å². The van der Waals surface area contributed by atoms with E-state index in [0.717, 1.165) is 12.8 Å². The standard InChI is InChI=1S/C10H10BrClFN/c1-2-3-4-5-7-9(11)8(12)6-14-10(7)13/h2,6H,1,3-5H2. The molecular weight excluding hydrogens is 268 g/mol. The van der Waals surface area contributed by atoms with Crippen LogP contribution in [0, 0.1) is 5.95 Å². The van der Waals surface area contributed by atoms with Crippen LogP contribution in [-0.2, 0) is 6.42 Å². The first-order valence-electron chi connectivity index (χ1n) is 4.26. The number of nitrogens with zero attached hydrogens (tertiary/aromatic N) is 1. The van der Waals surface area contributed by atoms with Crippen LogP contribution in [0.3, 0.4) is 0 Å². The van der Waals surface area contributed by atoms with Crippen molar-refractivity contribution in [3.8, 4) is 0 Å². The average molecular weight is 279 g/mol. The van der Waals surface area contributed by atoms with Gasteiger partial charge in [-0.05, 0) is 35.2 Å². The van der Waals surface area contributed by atoms with Crippen LogP contribution in [0.15, 0.2) is 23.3 Å². The van der Waals surface area contributed by atoms with Crippen molar-refractivity contribution < 1.29 is 4.39 Å². The summed E-state index contributed by atoms with van der Waals surface area (Å²) in [5.74, 6) is -0.453. The van der Waals surface area contributed by atoms with Crippen molar-refractivity contribution in [2.75, 3.05) is 0 Å². The van der Waals surface area contributed by atoms with Crippen molar-refractivity contribution in [2.24, 2.45) is 0 Å². The van der Waals surface area contributed by atoms with E-state index >= 15 is 0 Å². The number of pyridine rings is 1. The third kappa shape index (κ3) is 2.79. The Balaban J connectivity index is 2.83. The molecule has 0 aromatic carbocycles. The second-order valence-corrected chi connectivity index (χ2v) is 4.07. The maximum atomic E-state index is 13.2. The summed E-state index contributed by atoms with van der Waals surface area (Å²) in [6, 6.07) is 0. The molecule has 0 aliphatic carbocycles. The van der Waals surface area contributed by atoms with E-state index < -0.39 is 5.95 Å². The van der Waals surface area contributed by atoms with E-state index in [9.17, 15) is 4.39 Å². The predicted molar refractivity (Wildman–Crippen MR) is 60.0 cm³/mol. The van der Waals surface area contributed by atoms with Gasteiger partial charge in [-0.25, -0.2) is 4.98 Å². The van der Waals surface area contributed by atoms with Gasteiger partial charge in [0.25, 0.3) is 0 Å². The fraction of sp³-hybridized carbons (Fsp3) is 0.300. The van der Waals surface area contributed by atoms with Gasteiger partial charge in [-0.2, -0.15) is 4.39 Å². The van der Waals surface area contributed by atoms with E-state index in [0.29, 0.717) is 21.5 Å². The summed E-state index contributed by atoms with van der Waals surface area (Å²) in [6.45, 7) is 3.61. The fourth-order valence-corrected chi connectivity index (χ4v) is 1.75. The summed E-state index contributed by atoms with van der Waals surface area (Å²) >= 11 is 9.05. The normalized spacial score (nSPS) is 10.2. The number of aromatic nitrogens is 1. The van der Waals surface area contributed by atoms with Crippen LogP contribution in [0.5, 0.6) is 0 Å². The zero-order valence-corrected chi connectivity index (χ0v) is 9.91.